The summed E-state index contributed by atoms with van der Waals surface area (Å²) in [6.45, 7) is 4.57. The van der Waals surface area contributed by atoms with Gasteiger partial charge in [-0.2, -0.15) is 5.10 Å². The van der Waals surface area contributed by atoms with Crippen molar-refractivity contribution in [3.05, 3.63) is 77.1 Å². The Morgan fingerprint density at radius 1 is 1.20 bits per heavy atom. The maximum Gasteiger partial charge on any atom is 0.238 e. The molecule has 0 aliphatic heterocycles. The van der Waals surface area contributed by atoms with Crippen molar-refractivity contribution in [2.75, 3.05) is 18.4 Å². The lowest BCUT2D eigenvalue weighted by Crippen LogP contribution is -2.36. The number of aryl methyl sites for hydroxylation is 2. The smallest absolute Gasteiger partial charge is 0.238 e. The van der Waals surface area contributed by atoms with Crippen LogP contribution >= 0.6 is 0 Å². The van der Waals surface area contributed by atoms with Crippen LogP contribution in [0.3, 0.4) is 0 Å². The number of benzene rings is 2. The Labute approximate surface area is 177 Å². The normalized spacial score (nSPS) is 15.1. The van der Waals surface area contributed by atoms with Crippen molar-refractivity contribution in [3.63, 3.8) is 0 Å². The molecule has 0 spiro atoms. The second-order valence-corrected chi connectivity index (χ2v) is 7.70. The molecule has 30 heavy (non-hydrogen) atoms. The van der Waals surface area contributed by atoms with E-state index in [-0.39, 0.29) is 18.5 Å². The molecule has 0 saturated heterocycles. The maximum atomic E-state index is 13.0. The summed E-state index contributed by atoms with van der Waals surface area (Å²) in [5, 5.41) is 7.68. The third-order valence-electron chi connectivity index (χ3n) is 5.74. The zero-order valence-corrected chi connectivity index (χ0v) is 17.4. The molecular weight excluding hydrogens is 372 g/mol. The first kappa shape index (κ1) is 19.9. The van der Waals surface area contributed by atoms with E-state index in [1.54, 1.807) is 0 Å². The van der Waals surface area contributed by atoms with E-state index in [2.05, 4.69) is 45.5 Å². The van der Waals surface area contributed by atoms with Crippen LogP contribution in [0.5, 0.6) is 0 Å². The van der Waals surface area contributed by atoms with Crippen LogP contribution in [0.15, 0.2) is 54.6 Å². The minimum absolute atomic E-state index is 0.0755. The number of terminal acetylenes is 1. The van der Waals surface area contributed by atoms with Crippen LogP contribution in [0, 0.1) is 26.2 Å². The quantitative estimate of drug-likeness (QED) is 0.638. The molecule has 0 radical (unpaired) electrons. The number of nitrogens with zero attached hydrogens (tertiary/aromatic N) is 3. The Morgan fingerprint density at radius 2 is 1.93 bits per heavy atom. The fourth-order valence-corrected chi connectivity index (χ4v) is 4.32. The highest BCUT2D eigenvalue weighted by atomic mass is 16.2. The van der Waals surface area contributed by atoms with Gasteiger partial charge in [-0.1, -0.05) is 48.4 Å². The Morgan fingerprint density at radius 3 is 2.70 bits per heavy atom. The number of anilines is 1. The van der Waals surface area contributed by atoms with Gasteiger partial charge in [0.15, 0.2) is 0 Å². The maximum absolute atomic E-state index is 13.0. The highest BCUT2D eigenvalue weighted by Crippen LogP contribution is 2.35. The van der Waals surface area contributed by atoms with Crippen LogP contribution in [0.1, 0.15) is 35.0 Å². The van der Waals surface area contributed by atoms with Crippen molar-refractivity contribution >= 4 is 11.6 Å². The standard InChI is InChI=1S/C25H26N4O/c1-4-16-28(23-15-14-20-10-8-9-13-22(20)23)17-24(30)26-25-18(2)27-29(19(25)3)21-11-6-5-7-12-21/h1,5-13,23H,14-17H2,2-3H3,(H,26,30). The van der Waals surface area contributed by atoms with Crippen molar-refractivity contribution in [1.29, 1.82) is 0 Å². The Balaban J connectivity index is 1.51. The number of amides is 1. The summed E-state index contributed by atoms with van der Waals surface area (Å²) in [4.78, 5) is 15.0. The van der Waals surface area contributed by atoms with Crippen molar-refractivity contribution in [2.24, 2.45) is 0 Å². The molecule has 1 aliphatic carbocycles. The van der Waals surface area contributed by atoms with Gasteiger partial charge in [0.2, 0.25) is 5.91 Å². The second kappa shape index (κ2) is 8.56. The molecule has 1 amide bonds. The number of rotatable bonds is 6. The van der Waals surface area contributed by atoms with Gasteiger partial charge in [0, 0.05) is 6.04 Å². The Hall–Kier alpha value is -3.36. The van der Waals surface area contributed by atoms with Gasteiger partial charge in [-0.15, -0.1) is 6.42 Å². The van der Waals surface area contributed by atoms with Gasteiger partial charge in [0.25, 0.3) is 0 Å². The molecule has 1 N–H and O–H groups in total. The van der Waals surface area contributed by atoms with E-state index in [4.69, 9.17) is 6.42 Å². The fourth-order valence-electron chi connectivity index (χ4n) is 4.32. The Kier molecular flexibility index (Phi) is 5.69. The Bertz CT molecular complexity index is 1090. The summed E-state index contributed by atoms with van der Waals surface area (Å²) in [6.07, 6.45) is 7.63. The van der Waals surface area contributed by atoms with Crippen LogP contribution in [0.25, 0.3) is 5.69 Å². The number of para-hydroxylation sites is 1. The number of hydrogen-bond donors (Lipinski definition) is 1. The van der Waals surface area contributed by atoms with Crippen molar-refractivity contribution in [1.82, 2.24) is 14.7 Å². The van der Waals surface area contributed by atoms with E-state index in [0.29, 0.717) is 6.54 Å². The van der Waals surface area contributed by atoms with Crippen LogP contribution in [-0.4, -0.2) is 33.7 Å². The van der Waals surface area contributed by atoms with Crippen molar-refractivity contribution in [3.8, 4) is 18.0 Å². The van der Waals surface area contributed by atoms with E-state index >= 15 is 0 Å². The molecule has 4 rings (SSSR count). The number of carbonyl (C=O) groups is 1. The molecular formula is C25H26N4O. The third kappa shape index (κ3) is 3.87. The lowest BCUT2D eigenvalue weighted by molar-refractivity contribution is -0.117. The van der Waals surface area contributed by atoms with Crippen LogP contribution in [0.4, 0.5) is 5.69 Å². The zero-order valence-electron chi connectivity index (χ0n) is 17.4. The average Bonchev–Trinajstić information content (AvgIpc) is 3.30. The molecule has 3 aromatic rings. The lowest BCUT2D eigenvalue weighted by Gasteiger charge is -2.27. The SMILES string of the molecule is C#CCN(CC(=O)Nc1c(C)nn(-c2ccccc2)c1C)C1CCc2ccccc21. The van der Waals surface area contributed by atoms with Crippen LogP contribution in [-0.2, 0) is 11.2 Å². The number of aromatic nitrogens is 2. The van der Waals surface area contributed by atoms with Crippen molar-refractivity contribution < 1.29 is 4.79 Å². The number of carbonyl (C=O) groups excluding carboxylic acids is 1. The largest absolute Gasteiger partial charge is 0.322 e. The fraction of sp³-hybridized carbons (Fsp3) is 0.280. The molecule has 1 atom stereocenters. The molecule has 0 fully saturated rings. The van der Waals surface area contributed by atoms with Gasteiger partial charge in [-0.05, 0) is 49.9 Å². The molecule has 0 bridgehead atoms. The molecule has 2 aromatic carbocycles. The molecule has 1 heterocycles. The van der Waals surface area contributed by atoms with E-state index in [0.717, 1.165) is 35.6 Å². The van der Waals surface area contributed by atoms with E-state index < -0.39 is 0 Å². The minimum atomic E-state index is -0.0755. The van der Waals surface area contributed by atoms with Crippen molar-refractivity contribution in [2.45, 2.75) is 32.7 Å². The van der Waals surface area contributed by atoms with Gasteiger partial charge in [0.05, 0.1) is 35.9 Å². The molecule has 5 nitrogen and oxygen atoms in total. The number of nitrogens with one attached hydrogen (secondary N) is 1. The summed E-state index contributed by atoms with van der Waals surface area (Å²) in [5.41, 5.74) is 6.05. The first-order valence-electron chi connectivity index (χ1n) is 10.2. The monoisotopic (exact) mass is 398 g/mol. The summed E-state index contributed by atoms with van der Waals surface area (Å²) in [6, 6.07) is 18.5. The van der Waals surface area contributed by atoms with Gasteiger partial charge in [-0.3, -0.25) is 9.69 Å². The highest BCUT2D eigenvalue weighted by molar-refractivity contribution is 5.93. The van der Waals surface area contributed by atoms with Gasteiger partial charge < -0.3 is 5.32 Å². The molecule has 1 aliphatic rings. The predicted octanol–water partition coefficient (Wildman–Crippen LogP) is 4.05. The van der Waals surface area contributed by atoms with Crippen LogP contribution < -0.4 is 5.32 Å². The number of fused-ring (bicyclic) bond motifs is 1. The summed E-state index contributed by atoms with van der Waals surface area (Å²) < 4.78 is 1.86. The lowest BCUT2D eigenvalue weighted by atomic mass is 10.1. The molecule has 0 saturated carbocycles. The topological polar surface area (TPSA) is 50.2 Å². The molecule has 5 heteroatoms. The number of hydrogen-bond acceptors (Lipinski definition) is 3. The zero-order chi connectivity index (χ0) is 21.1. The first-order chi connectivity index (χ1) is 14.6. The molecule has 152 valence electrons. The minimum Gasteiger partial charge on any atom is -0.322 e. The van der Waals surface area contributed by atoms with Gasteiger partial charge in [0.1, 0.15) is 0 Å². The van der Waals surface area contributed by atoms with E-state index in [9.17, 15) is 4.79 Å². The van der Waals surface area contributed by atoms with E-state index in [1.165, 1.54) is 11.1 Å². The average molecular weight is 399 g/mol. The summed E-state index contributed by atoms with van der Waals surface area (Å²) in [5.74, 6) is 2.65. The van der Waals surface area contributed by atoms with Gasteiger partial charge in [-0.25, -0.2) is 4.68 Å². The summed E-state index contributed by atoms with van der Waals surface area (Å²) in [7, 11) is 0. The second-order valence-electron chi connectivity index (χ2n) is 7.70. The molecule has 1 aromatic heterocycles. The highest BCUT2D eigenvalue weighted by Gasteiger charge is 2.28. The van der Waals surface area contributed by atoms with Gasteiger partial charge >= 0.3 is 0 Å². The van der Waals surface area contributed by atoms with E-state index in [1.807, 2.05) is 48.9 Å². The summed E-state index contributed by atoms with van der Waals surface area (Å²) >= 11 is 0. The first-order valence-corrected chi connectivity index (χ1v) is 10.2. The molecule has 1 unspecified atom stereocenters. The van der Waals surface area contributed by atoms with Crippen LogP contribution in [0.2, 0.25) is 0 Å². The predicted molar refractivity (Wildman–Crippen MR) is 120 cm³/mol. The third-order valence-corrected chi connectivity index (χ3v) is 5.74.